The van der Waals surface area contributed by atoms with Gasteiger partial charge in [0.05, 0.1) is 10.7 Å². The summed E-state index contributed by atoms with van der Waals surface area (Å²) in [7, 11) is -1.16. The third-order valence-corrected chi connectivity index (χ3v) is 10.5. The number of rotatable bonds is 13. The summed E-state index contributed by atoms with van der Waals surface area (Å²) in [5, 5.41) is 1.47. The number of aryl methyl sites for hydroxylation is 1. The van der Waals surface area contributed by atoms with Crippen LogP contribution in [-0.4, -0.2) is 16.7 Å². The number of hydrogen-bond acceptors (Lipinski definition) is 2. The Balaban J connectivity index is 2.37. The first-order chi connectivity index (χ1) is 13.5. The normalized spacial score (nSPS) is 23.0. The van der Waals surface area contributed by atoms with Gasteiger partial charge in [0.25, 0.3) is 0 Å². The number of unbranched alkanes of at least 4 members (excludes halogenated alkanes) is 2. The van der Waals surface area contributed by atoms with Crippen LogP contribution in [0.15, 0.2) is 28.1 Å². The van der Waals surface area contributed by atoms with E-state index in [2.05, 4.69) is 52.8 Å². The third-order valence-electron chi connectivity index (χ3n) is 6.59. The second kappa shape index (κ2) is 11.4. The number of nitrogens with zero attached hydrogens (tertiary/aromatic N) is 1. The van der Waals surface area contributed by atoms with Gasteiger partial charge in [-0.05, 0) is 55.1 Å². The van der Waals surface area contributed by atoms with Gasteiger partial charge in [0.15, 0.2) is 0 Å². The summed E-state index contributed by atoms with van der Waals surface area (Å²) in [6, 6.07) is 6.93. The zero-order valence-electron chi connectivity index (χ0n) is 19.1. The van der Waals surface area contributed by atoms with Crippen molar-refractivity contribution in [3.8, 4) is 0 Å². The molecule has 3 atom stereocenters. The summed E-state index contributed by atoms with van der Waals surface area (Å²) in [6.45, 7) is 11.5. The van der Waals surface area contributed by atoms with Gasteiger partial charge in [-0.2, -0.15) is 10.0 Å². The maximum atomic E-state index is 6.62. The predicted molar refractivity (Wildman–Crippen MR) is 129 cm³/mol. The summed E-state index contributed by atoms with van der Waals surface area (Å²) < 4.78 is 0. The molecule has 28 heavy (non-hydrogen) atoms. The van der Waals surface area contributed by atoms with Crippen molar-refractivity contribution >= 4 is 20.8 Å². The van der Waals surface area contributed by atoms with Crippen LogP contribution >= 0.6 is 10.0 Å². The summed E-state index contributed by atoms with van der Waals surface area (Å²) in [6.07, 6.45) is 11.6. The first-order valence-electron chi connectivity index (χ1n) is 11.7. The lowest BCUT2D eigenvalue weighted by Gasteiger charge is -2.41. The lowest BCUT2D eigenvalue weighted by atomic mass is 9.96. The molecule has 0 saturated heterocycles. The van der Waals surface area contributed by atoms with Gasteiger partial charge in [-0.1, -0.05) is 78.7 Å². The Hall–Kier alpha value is -0.800. The Kier molecular flexibility index (Phi) is 9.56. The summed E-state index contributed by atoms with van der Waals surface area (Å²) in [4.78, 5) is 6.76. The molecule has 0 amide bonds. The van der Waals surface area contributed by atoms with E-state index in [4.69, 9.17) is 10.7 Å². The van der Waals surface area contributed by atoms with Crippen LogP contribution in [0.1, 0.15) is 91.0 Å². The quantitative estimate of drug-likeness (QED) is 0.356. The van der Waals surface area contributed by atoms with Crippen molar-refractivity contribution < 1.29 is 0 Å². The molecule has 0 aliphatic carbocycles. The molecule has 160 valence electrons. The molecule has 3 heteroatoms. The van der Waals surface area contributed by atoms with Crippen LogP contribution in [0.2, 0.25) is 0 Å². The third kappa shape index (κ3) is 5.42. The fraction of sp³-hybridized carbons (Fsp3) is 0.720. The Labute approximate surface area is 176 Å². The largest absolute Gasteiger partial charge is 0.323 e. The van der Waals surface area contributed by atoms with E-state index >= 15 is 0 Å². The molecule has 3 unspecified atom stereocenters. The van der Waals surface area contributed by atoms with Gasteiger partial charge in [0, 0.05) is 10.8 Å². The molecular formula is C25H44N2S. The van der Waals surface area contributed by atoms with E-state index in [0.717, 1.165) is 24.1 Å². The average Bonchev–Trinajstić information content (AvgIpc) is 3.00. The second-order valence-corrected chi connectivity index (χ2v) is 12.1. The standard InChI is InChI=1S/C25H44N2S/c1-6-10-12-21(8-3)17-25-27-23-16-20(5)14-15-24(23)28(25,19-26)18-22(9-4)13-11-7-2/h14-16,21-22H,6-13,17-19,26H2,1-5H3. The Bertz CT molecular complexity index is 639. The smallest absolute Gasteiger partial charge is 0.0766 e. The second-order valence-electron chi connectivity index (χ2n) is 8.73. The molecule has 0 aromatic heterocycles. The van der Waals surface area contributed by atoms with Crippen LogP contribution in [0, 0.1) is 18.8 Å². The van der Waals surface area contributed by atoms with Crippen molar-refractivity contribution in [2.24, 2.45) is 22.6 Å². The van der Waals surface area contributed by atoms with E-state index < -0.39 is 10.0 Å². The van der Waals surface area contributed by atoms with E-state index in [1.54, 1.807) is 0 Å². The summed E-state index contributed by atoms with van der Waals surface area (Å²) >= 11 is 0. The van der Waals surface area contributed by atoms with Crippen LogP contribution in [0.5, 0.6) is 0 Å². The first-order valence-corrected chi connectivity index (χ1v) is 13.7. The van der Waals surface area contributed by atoms with Crippen LogP contribution in [0.25, 0.3) is 0 Å². The van der Waals surface area contributed by atoms with Gasteiger partial charge < -0.3 is 5.73 Å². The topological polar surface area (TPSA) is 38.4 Å². The van der Waals surface area contributed by atoms with Gasteiger partial charge in [0.2, 0.25) is 0 Å². The summed E-state index contributed by atoms with van der Waals surface area (Å²) in [5.74, 6) is 3.54. The van der Waals surface area contributed by atoms with Gasteiger partial charge in [-0.3, -0.25) is 0 Å². The number of fused-ring (bicyclic) bond motifs is 1. The van der Waals surface area contributed by atoms with E-state index in [9.17, 15) is 0 Å². The van der Waals surface area contributed by atoms with E-state index in [0.29, 0.717) is 0 Å². The van der Waals surface area contributed by atoms with E-state index in [1.807, 2.05) is 0 Å². The molecule has 2 N–H and O–H groups in total. The van der Waals surface area contributed by atoms with Gasteiger partial charge in [-0.25, -0.2) is 4.99 Å². The monoisotopic (exact) mass is 404 g/mol. The van der Waals surface area contributed by atoms with Crippen molar-refractivity contribution in [1.29, 1.82) is 0 Å². The molecular weight excluding hydrogens is 360 g/mol. The Morgan fingerprint density at radius 3 is 2.18 bits per heavy atom. The number of nitrogens with two attached hydrogens (primary N) is 1. The van der Waals surface area contributed by atoms with Crippen molar-refractivity contribution in [2.45, 2.75) is 97.3 Å². The molecule has 0 spiro atoms. The molecule has 0 bridgehead atoms. The molecule has 1 heterocycles. The van der Waals surface area contributed by atoms with Crippen LogP contribution in [-0.2, 0) is 0 Å². The lowest BCUT2D eigenvalue weighted by molar-refractivity contribution is 0.468. The first kappa shape index (κ1) is 23.5. The highest BCUT2D eigenvalue weighted by atomic mass is 32.3. The fourth-order valence-corrected chi connectivity index (χ4v) is 8.53. The molecule has 1 aliphatic rings. The van der Waals surface area contributed by atoms with Crippen molar-refractivity contribution in [1.82, 2.24) is 0 Å². The van der Waals surface area contributed by atoms with E-state index in [1.165, 1.54) is 78.3 Å². The van der Waals surface area contributed by atoms with Crippen LogP contribution in [0.3, 0.4) is 0 Å². The highest BCUT2D eigenvalue weighted by molar-refractivity contribution is 8.45. The number of hydrogen-bond donors (Lipinski definition) is 1. The average molecular weight is 405 g/mol. The fourth-order valence-electron chi connectivity index (χ4n) is 4.53. The van der Waals surface area contributed by atoms with Crippen LogP contribution < -0.4 is 5.73 Å². The molecule has 0 radical (unpaired) electrons. The van der Waals surface area contributed by atoms with Crippen LogP contribution in [0.4, 0.5) is 5.69 Å². The molecule has 0 saturated carbocycles. The summed E-state index contributed by atoms with van der Waals surface area (Å²) in [5.41, 5.74) is 9.16. The SMILES string of the molecule is CCCCC(CC)CC1=Nc2cc(C)ccc2S1(CN)CC(CC)CCCC. The van der Waals surface area contributed by atoms with Crippen molar-refractivity contribution in [2.75, 3.05) is 11.6 Å². The zero-order valence-corrected chi connectivity index (χ0v) is 19.9. The van der Waals surface area contributed by atoms with Gasteiger partial charge >= 0.3 is 0 Å². The van der Waals surface area contributed by atoms with Crippen molar-refractivity contribution in [3.63, 3.8) is 0 Å². The Morgan fingerprint density at radius 1 is 0.964 bits per heavy atom. The van der Waals surface area contributed by atoms with E-state index in [-0.39, 0.29) is 0 Å². The van der Waals surface area contributed by atoms with Crippen molar-refractivity contribution in [3.05, 3.63) is 23.8 Å². The number of aliphatic imine (C=N–C) groups is 1. The minimum Gasteiger partial charge on any atom is -0.323 e. The molecule has 0 fully saturated rings. The minimum atomic E-state index is -1.16. The maximum Gasteiger partial charge on any atom is 0.0766 e. The highest BCUT2D eigenvalue weighted by Crippen LogP contribution is 2.66. The maximum absolute atomic E-state index is 6.62. The van der Waals surface area contributed by atoms with Gasteiger partial charge in [0.1, 0.15) is 0 Å². The molecule has 2 rings (SSSR count). The predicted octanol–water partition coefficient (Wildman–Crippen LogP) is 7.94. The minimum absolute atomic E-state index is 0.753. The molecule has 2 nitrogen and oxygen atoms in total. The zero-order chi connectivity index (χ0) is 20.6. The van der Waals surface area contributed by atoms with Gasteiger partial charge in [-0.15, -0.1) is 0 Å². The number of benzene rings is 1. The molecule has 1 aliphatic heterocycles. The lowest BCUT2D eigenvalue weighted by Crippen LogP contribution is -2.27. The Morgan fingerprint density at radius 2 is 1.61 bits per heavy atom. The molecule has 1 aromatic carbocycles. The highest BCUT2D eigenvalue weighted by Gasteiger charge is 2.39. The molecule has 1 aromatic rings.